The van der Waals surface area contributed by atoms with Gasteiger partial charge in [0.15, 0.2) is 6.08 Å². The number of halogens is 1. The summed E-state index contributed by atoms with van der Waals surface area (Å²) in [6.07, 6.45) is -0.690. The van der Waals surface area contributed by atoms with E-state index in [0.29, 0.717) is 6.61 Å². The van der Waals surface area contributed by atoms with Crippen molar-refractivity contribution in [3.05, 3.63) is 0 Å². The topological polar surface area (TPSA) is 44.6 Å². The van der Waals surface area contributed by atoms with Gasteiger partial charge in [-0.05, 0) is 12.7 Å². The van der Waals surface area contributed by atoms with Gasteiger partial charge in [-0.25, -0.2) is 0 Å². The molecule has 0 spiro atoms. The third-order valence-electron chi connectivity index (χ3n) is 1.15. The van der Waals surface area contributed by atoms with Crippen molar-refractivity contribution >= 4 is 25.9 Å². The van der Waals surface area contributed by atoms with Crippen molar-refractivity contribution in [1.29, 1.82) is 0 Å². The Morgan fingerprint density at radius 2 is 2.09 bits per heavy atom. The van der Waals surface area contributed by atoms with Crippen molar-refractivity contribution in [2.75, 3.05) is 6.61 Å². The minimum absolute atomic E-state index is 0.435. The quantitative estimate of drug-likeness (QED) is 0.385. The Balaban J connectivity index is 3.43. The molecule has 0 rings (SSSR count). The Morgan fingerprint density at radius 1 is 1.55 bits per heavy atom. The van der Waals surface area contributed by atoms with Gasteiger partial charge in [0.25, 0.3) is 0 Å². The van der Waals surface area contributed by atoms with Gasteiger partial charge in [-0.1, -0.05) is 19.6 Å². The van der Waals surface area contributed by atoms with E-state index in [1.807, 2.05) is 0 Å². The molecule has 0 aromatic rings. The van der Waals surface area contributed by atoms with E-state index in [1.165, 1.54) is 0 Å². The van der Waals surface area contributed by atoms with Crippen molar-refractivity contribution in [3.63, 3.8) is 0 Å². The van der Waals surface area contributed by atoms with Gasteiger partial charge in [-0.2, -0.15) is 4.51 Å². The lowest BCUT2D eigenvalue weighted by Gasteiger charge is -2.19. The molecule has 0 aromatic carbocycles. The van der Waals surface area contributed by atoms with Gasteiger partial charge in [0.1, 0.15) is 0 Å². The summed E-state index contributed by atoms with van der Waals surface area (Å²) in [4.78, 5) is 0. The van der Waals surface area contributed by atoms with E-state index < -0.39 is 14.2 Å². The van der Waals surface area contributed by atoms with Crippen LogP contribution in [0, 0.1) is 0 Å². The lowest BCUT2D eigenvalue weighted by atomic mass is 10.8. The highest BCUT2D eigenvalue weighted by Crippen LogP contribution is 2.07. The molecule has 3 nitrogen and oxygen atoms in total. The molecule has 0 N–H and O–H groups in total. The summed E-state index contributed by atoms with van der Waals surface area (Å²) >= 11 is 4.86. The molecule has 0 unspecified atom stereocenters. The summed E-state index contributed by atoms with van der Waals surface area (Å²) in [6.45, 7) is 7.06. The molecule has 66 valence electrons. The van der Waals surface area contributed by atoms with Gasteiger partial charge >= 0.3 is 0 Å². The van der Waals surface area contributed by atoms with Crippen LogP contribution in [0.5, 0.6) is 0 Å². The number of nitrogens with zero attached hydrogens (tertiary/aromatic N) is 1. The molecule has 0 aliphatic rings. The van der Waals surface area contributed by atoms with E-state index >= 15 is 0 Å². The van der Waals surface area contributed by atoms with Crippen LogP contribution in [0.1, 0.15) is 0 Å². The summed E-state index contributed by atoms with van der Waals surface area (Å²) in [6, 6.07) is 0.950. The van der Waals surface area contributed by atoms with E-state index in [4.69, 9.17) is 11.8 Å². The highest BCUT2D eigenvalue weighted by atomic mass is 35.5. The summed E-state index contributed by atoms with van der Waals surface area (Å²) in [7, 11) is -1.10. The van der Waals surface area contributed by atoms with E-state index in [2.05, 4.69) is 28.9 Å². The SMILES string of the molecule is C[Si](C)(C)CCO/C([O-])=N/Cl. The number of hydrogen-bond acceptors (Lipinski definition) is 3. The van der Waals surface area contributed by atoms with Gasteiger partial charge in [0.2, 0.25) is 0 Å². The molecular weight excluding hydrogens is 182 g/mol. The minimum atomic E-state index is -1.10. The molecule has 0 saturated carbocycles. The van der Waals surface area contributed by atoms with Crippen LogP contribution >= 0.6 is 11.8 Å². The second-order valence-electron chi connectivity index (χ2n) is 3.51. The van der Waals surface area contributed by atoms with Crippen LogP contribution < -0.4 is 5.11 Å². The maximum atomic E-state index is 10.4. The van der Waals surface area contributed by atoms with Crippen molar-refractivity contribution in [1.82, 2.24) is 0 Å². The smallest absolute Gasteiger partial charge is 0.165 e. The third-order valence-corrected chi connectivity index (χ3v) is 2.99. The van der Waals surface area contributed by atoms with E-state index in [-0.39, 0.29) is 0 Å². The Labute approximate surface area is 73.2 Å². The molecule has 0 saturated heterocycles. The fourth-order valence-corrected chi connectivity index (χ4v) is 1.23. The zero-order valence-electron chi connectivity index (χ0n) is 7.06. The lowest BCUT2D eigenvalue weighted by molar-refractivity contribution is -0.249. The second kappa shape index (κ2) is 4.61. The summed E-state index contributed by atoms with van der Waals surface area (Å²) in [5.41, 5.74) is 0. The van der Waals surface area contributed by atoms with Gasteiger partial charge in [-0.3, -0.25) is 0 Å². The normalized spacial score (nSPS) is 13.3. The first kappa shape index (κ1) is 10.8. The fraction of sp³-hybridized carbons (Fsp3) is 0.833. The summed E-state index contributed by atoms with van der Waals surface area (Å²) < 4.78 is 7.50. The van der Waals surface area contributed by atoms with Gasteiger partial charge in [-0.15, -0.1) is 0 Å². The third kappa shape index (κ3) is 7.68. The molecule has 11 heavy (non-hydrogen) atoms. The second-order valence-corrected chi connectivity index (χ2v) is 9.30. The van der Waals surface area contributed by atoms with Crippen molar-refractivity contribution in [2.45, 2.75) is 25.7 Å². The lowest BCUT2D eigenvalue weighted by Crippen LogP contribution is -2.26. The highest BCUT2D eigenvalue weighted by molar-refractivity contribution is 6.76. The number of hydrogen-bond donors (Lipinski definition) is 0. The van der Waals surface area contributed by atoms with Crippen molar-refractivity contribution < 1.29 is 9.84 Å². The van der Waals surface area contributed by atoms with Crippen LogP contribution in [0.3, 0.4) is 0 Å². The molecule has 0 atom stereocenters. The van der Waals surface area contributed by atoms with Gasteiger partial charge in [0.05, 0.1) is 0 Å². The number of ether oxygens (including phenoxy) is 1. The predicted molar refractivity (Wildman–Crippen MR) is 47.4 cm³/mol. The Bertz CT molecular complexity index is 144. The zero-order valence-corrected chi connectivity index (χ0v) is 8.81. The molecule has 0 bridgehead atoms. The molecule has 0 aromatic heterocycles. The molecule has 0 radical (unpaired) electrons. The monoisotopic (exact) mass is 194 g/mol. The molecule has 0 aliphatic heterocycles. The fourth-order valence-electron chi connectivity index (χ4n) is 0.469. The van der Waals surface area contributed by atoms with E-state index in [9.17, 15) is 5.11 Å². The van der Waals surface area contributed by atoms with E-state index in [1.54, 1.807) is 0 Å². The first-order chi connectivity index (χ1) is 4.95. The van der Waals surface area contributed by atoms with Gasteiger partial charge in [0, 0.05) is 19.9 Å². The minimum Gasteiger partial charge on any atom is -0.600 e. The molecule has 0 aliphatic carbocycles. The average Bonchev–Trinajstić information content (AvgIpc) is 1.85. The highest BCUT2D eigenvalue weighted by Gasteiger charge is 2.10. The maximum absolute atomic E-state index is 10.4. The predicted octanol–water partition coefficient (Wildman–Crippen LogP) is 1.21. The largest absolute Gasteiger partial charge is 0.600 e. The van der Waals surface area contributed by atoms with E-state index in [0.717, 1.165) is 6.04 Å². The van der Waals surface area contributed by atoms with Crippen LogP contribution in [0.15, 0.2) is 4.51 Å². The Hall–Kier alpha value is -0.223. The Kier molecular flexibility index (Phi) is 4.52. The Morgan fingerprint density at radius 3 is 2.45 bits per heavy atom. The van der Waals surface area contributed by atoms with Crippen LogP contribution in [0.2, 0.25) is 25.7 Å². The number of rotatable bonds is 3. The molecule has 5 heteroatoms. The standard InChI is InChI=1S/C6H14ClNO2Si/c1-11(2,3)5-4-10-6(9)8-7/h4-5H2,1-3H3,(H,8,9)/p-1. The summed E-state index contributed by atoms with van der Waals surface area (Å²) in [5, 5.41) is 10.4. The van der Waals surface area contributed by atoms with Crippen LogP contribution in [0.4, 0.5) is 0 Å². The van der Waals surface area contributed by atoms with Gasteiger partial charge < -0.3 is 9.84 Å². The first-order valence-corrected chi connectivity index (χ1v) is 7.49. The van der Waals surface area contributed by atoms with Crippen LogP contribution in [-0.4, -0.2) is 20.8 Å². The maximum Gasteiger partial charge on any atom is 0.165 e. The zero-order chi connectivity index (χ0) is 8.91. The molecule has 0 fully saturated rings. The first-order valence-electron chi connectivity index (χ1n) is 3.44. The summed E-state index contributed by atoms with van der Waals surface area (Å²) in [5.74, 6) is 0. The molecular formula is C6H13ClNO2Si-. The molecule has 0 heterocycles. The van der Waals surface area contributed by atoms with Crippen LogP contribution in [-0.2, 0) is 4.74 Å². The average molecular weight is 195 g/mol. The van der Waals surface area contributed by atoms with Crippen LogP contribution in [0.25, 0.3) is 0 Å². The molecule has 0 amide bonds. The van der Waals surface area contributed by atoms with Crippen molar-refractivity contribution in [2.24, 2.45) is 4.51 Å². The van der Waals surface area contributed by atoms with Crippen molar-refractivity contribution in [3.8, 4) is 0 Å².